The molecule has 0 spiro atoms. The van der Waals surface area contributed by atoms with Gasteiger partial charge in [-0.3, -0.25) is 14.8 Å². The number of rotatable bonds is 4. The molecule has 1 unspecified atom stereocenters. The molecule has 152 valence electrons. The summed E-state index contributed by atoms with van der Waals surface area (Å²) >= 11 is 0. The fraction of sp³-hybridized carbons (Fsp3) is 0.333. The number of benzene rings is 1. The van der Waals surface area contributed by atoms with Crippen molar-refractivity contribution in [3.63, 3.8) is 0 Å². The summed E-state index contributed by atoms with van der Waals surface area (Å²) in [4.78, 5) is 19.2. The Morgan fingerprint density at radius 2 is 1.97 bits per heavy atom. The maximum atomic E-state index is 12.8. The molecular formula is C21H21F3N4O. The number of aromatic amines is 1. The number of hydrogen-bond donors (Lipinski definition) is 1. The number of pyridine rings is 1. The van der Waals surface area contributed by atoms with Gasteiger partial charge in [-0.1, -0.05) is 18.2 Å². The minimum atomic E-state index is -4.33. The highest BCUT2D eigenvalue weighted by Gasteiger charge is 2.30. The number of nitrogens with zero attached hydrogens (tertiary/aromatic N) is 3. The van der Waals surface area contributed by atoms with Crippen LogP contribution in [0.3, 0.4) is 0 Å². The highest BCUT2D eigenvalue weighted by atomic mass is 19.4. The van der Waals surface area contributed by atoms with Crippen LogP contribution in [0.1, 0.15) is 28.8 Å². The van der Waals surface area contributed by atoms with E-state index in [0.29, 0.717) is 18.8 Å². The van der Waals surface area contributed by atoms with Crippen LogP contribution in [-0.4, -0.2) is 32.8 Å². The summed E-state index contributed by atoms with van der Waals surface area (Å²) in [6.45, 7) is 0.525. The Morgan fingerprint density at radius 3 is 2.62 bits per heavy atom. The van der Waals surface area contributed by atoms with Gasteiger partial charge in [0.1, 0.15) is 0 Å². The summed E-state index contributed by atoms with van der Waals surface area (Å²) in [6.07, 6.45) is -0.478. The highest BCUT2D eigenvalue weighted by Crippen LogP contribution is 2.29. The van der Waals surface area contributed by atoms with Gasteiger partial charge in [0.2, 0.25) is 0 Å². The standard InChI is InChI=1S/C21H21F3N4O/c1-27(13-14-5-7-15(8-6-14)21(22,23)24)16-9-10-18-17(12-16)20(29)28(26-18)19-4-2-3-11-25-19/h2-8,11,16,26H,9-10,12-13H2,1H3. The summed E-state index contributed by atoms with van der Waals surface area (Å²) in [5.74, 6) is 0.557. The van der Waals surface area contributed by atoms with Crippen LogP contribution in [0.4, 0.5) is 13.2 Å². The van der Waals surface area contributed by atoms with Gasteiger partial charge in [-0.25, -0.2) is 9.67 Å². The highest BCUT2D eigenvalue weighted by molar-refractivity contribution is 5.29. The lowest BCUT2D eigenvalue weighted by Crippen LogP contribution is -2.37. The van der Waals surface area contributed by atoms with Crippen LogP contribution in [0.2, 0.25) is 0 Å². The Labute approximate surface area is 165 Å². The van der Waals surface area contributed by atoms with E-state index in [2.05, 4.69) is 15.0 Å². The van der Waals surface area contributed by atoms with Gasteiger partial charge in [0.05, 0.1) is 5.56 Å². The molecule has 4 rings (SSSR count). The van der Waals surface area contributed by atoms with Crippen molar-refractivity contribution in [1.29, 1.82) is 0 Å². The van der Waals surface area contributed by atoms with Gasteiger partial charge >= 0.3 is 6.18 Å². The van der Waals surface area contributed by atoms with E-state index >= 15 is 0 Å². The lowest BCUT2D eigenvalue weighted by Gasteiger charge is -2.30. The molecule has 8 heteroatoms. The molecule has 0 aliphatic heterocycles. The first kappa shape index (κ1) is 19.4. The van der Waals surface area contributed by atoms with Crippen molar-refractivity contribution in [2.45, 2.75) is 38.0 Å². The third kappa shape index (κ3) is 3.98. The predicted molar refractivity (Wildman–Crippen MR) is 103 cm³/mol. The number of nitrogens with one attached hydrogen (secondary N) is 1. The third-order valence-corrected chi connectivity index (χ3v) is 5.45. The molecule has 1 aromatic carbocycles. The number of H-pyrrole nitrogens is 1. The second kappa shape index (κ2) is 7.51. The number of halogens is 3. The van der Waals surface area contributed by atoms with Gasteiger partial charge in [0.15, 0.2) is 5.82 Å². The summed E-state index contributed by atoms with van der Waals surface area (Å²) in [6, 6.07) is 10.8. The zero-order chi connectivity index (χ0) is 20.6. The Hall–Kier alpha value is -2.87. The number of likely N-dealkylation sites (N-methyl/N-ethyl adjacent to an activating group) is 1. The summed E-state index contributed by atoms with van der Waals surface area (Å²) in [7, 11) is 1.94. The van der Waals surface area contributed by atoms with E-state index in [9.17, 15) is 18.0 Å². The topological polar surface area (TPSA) is 53.9 Å². The first-order valence-corrected chi connectivity index (χ1v) is 9.43. The molecular weight excluding hydrogens is 381 g/mol. The van der Waals surface area contributed by atoms with Crippen molar-refractivity contribution in [2.75, 3.05) is 7.05 Å². The molecule has 5 nitrogen and oxygen atoms in total. The number of aryl methyl sites for hydroxylation is 1. The molecule has 0 amide bonds. The second-order valence-corrected chi connectivity index (χ2v) is 7.40. The van der Waals surface area contributed by atoms with Crippen LogP contribution in [0.25, 0.3) is 5.82 Å². The minimum Gasteiger partial charge on any atom is -0.299 e. The lowest BCUT2D eigenvalue weighted by molar-refractivity contribution is -0.137. The van der Waals surface area contributed by atoms with Gasteiger partial charge in [-0.2, -0.15) is 13.2 Å². The fourth-order valence-corrected chi connectivity index (χ4v) is 3.82. The smallest absolute Gasteiger partial charge is 0.299 e. The Kier molecular flexibility index (Phi) is 5.04. The first-order valence-electron chi connectivity index (χ1n) is 9.43. The summed E-state index contributed by atoms with van der Waals surface area (Å²) < 4.78 is 39.7. The van der Waals surface area contributed by atoms with Crippen molar-refractivity contribution in [2.24, 2.45) is 0 Å². The van der Waals surface area contributed by atoms with E-state index in [0.717, 1.165) is 41.8 Å². The number of hydrogen-bond acceptors (Lipinski definition) is 3. The number of fused-ring (bicyclic) bond motifs is 1. The molecule has 2 heterocycles. The Balaban J connectivity index is 1.48. The van der Waals surface area contributed by atoms with Gasteiger partial charge in [-0.05, 0) is 56.1 Å². The fourth-order valence-electron chi connectivity index (χ4n) is 3.82. The van der Waals surface area contributed by atoms with Gasteiger partial charge < -0.3 is 0 Å². The van der Waals surface area contributed by atoms with Crippen molar-refractivity contribution >= 4 is 0 Å². The van der Waals surface area contributed by atoms with Crippen LogP contribution in [-0.2, 0) is 25.6 Å². The van der Waals surface area contributed by atoms with Crippen LogP contribution in [0.5, 0.6) is 0 Å². The van der Waals surface area contributed by atoms with E-state index < -0.39 is 11.7 Å². The largest absolute Gasteiger partial charge is 0.416 e. The molecule has 0 fully saturated rings. The summed E-state index contributed by atoms with van der Waals surface area (Å²) in [5.41, 5.74) is 1.76. The second-order valence-electron chi connectivity index (χ2n) is 7.40. The Morgan fingerprint density at radius 1 is 1.21 bits per heavy atom. The average molecular weight is 402 g/mol. The van der Waals surface area contributed by atoms with Gasteiger partial charge in [0.25, 0.3) is 5.56 Å². The van der Waals surface area contributed by atoms with Crippen molar-refractivity contribution in [3.8, 4) is 5.82 Å². The SMILES string of the molecule is CN(Cc1ccc(C(F)(F)F)cc1)C1CCc2[nH]n(-c3ccccn3)c(=O)c2C1. The van der Waals surface area contributed by atoms with E-state index in [1.54, 1.807) is 18.3 Å². The minimum absolute atomic E-state index is 0.0914. The van der Waals surface area contributed by atoms with Crippen LogP contribution < -0.4 is 5.56 Å². The van der Waals surface area contributed by atoms with Crippen LogP contribution >= 0.6 is 0 Å². The molecule has 1 atom stereocenters. The zero-order valence-electron chi connectivity index (χ0n) is 15.9. The monoisotopic (exact) mass is 402 g/mol. The van der Waals surface area contributed by atoms with Crippen molar-refractivity contribution in [1.82, 2.24) is 19.7 Å². The average Bonchev–Trinajstić information content (AvgIpc) is 3.04. The Bertz CT molecular complexity index is 1040. The zero-order valence-corrected chi connectivity index (χ0v) is 15.9. The van der Waals surface area contributed by atoms with Gasteiger partial charge in [0, 0.05) is 30.0 Å². The van der Waals surface area contributed by atoms with Gasteiger partial charge in [-0.15, -0.1) is 0 Å². The van der Waals surface area contributed by atoms with E-state index in [-0.39, 0.29) is 11.6 Å². The maximum absolute atomic E-state index is 12.8. The molecule has 0 radical (unpaired) electrons. The van der Waals surface area contributed by atoms with Crippen LogP contribution in [0.15, 0.2) is 53.5 Å². The van der Waals surface area contributed by atoms with Crippen molar-refractivity contribution in [3.05, 3.63) is 81.4 Å². The molecule has 2 aromatic heterocycles. The quantitative estimate of drug-likeness (QED) is 0.726. The molecule has 29 heavy (non-hydrogen) atoms. The normalized spacial score (nSPS) is 16.8. The first-order chi connectivity index (χ1) is 13.8. The third-order valence-electron chi connectivity index (χ3n) is 5.45. The number of alkyl halides is 3. The molecule has 0 bridgehead atoms. The van der Waals surface area contributed by atoms with E-state index in [1.807, 2.05) is 13.1 Å². The number of aromatic nitrogens is 3. The predicted octanol–water partition coefficient (Wildman–Crippen LogP) is 3.57. The molecule has 0 saturated heterocycles. The van der Waals surface area contributed by atoms with Crippen molar-refractivity contribution < 1.29 is 13.2 Å². The molecule has 3 aromatic rings. The van der Waals surface area contributed by atoms with E-state index in [1.165, 1.54) is 16.8 Å². The maximum Gasteiger partial charge on any atom is 0.416 e. The molecule has 1 aliphatic rings. The van der Waals surface area contributed by atoms with E-state index in [4.69, 9.17) is 0 Å². The lowest BCUT2D eigenvalue weighted by atomic mass is 9.92. The molecule has 1 N–H and O–H groups in total. The molecule has 1 aliphatic carbocycles. The summed E-state index contributed by atoms with van der Waals surface area (Å²) in [5, 5.41) is 3.16. The molecule has 0 saturated carbocycles. The van der Waals surface area contributed by atoms with Crippen LogP contribution in [0, 0.1) is 0 Å².